The number of anilines is 1. The molecule has 1 aliphatic rings. The number of nitrogens with zero attached hydrogens (tertiary/aromatic N) is 2. The number of hydrogen-bond donors (Lipinski definition) is 3. The van der Waals surface area contributed by atoms with Crippen LogP contribution in [0, 0.1) is 23.2 Å². The lowest BCUT2D eigenvalue weighted by Gasteiger charge is -2.14. The molecule has 0 unspecified atom stereocenters. The first-order valence-corrected chi connectivity index (χ1v) is 10.4. The highest BCUT2D eigenvalue weighted by atomic mass is 32.2. The molecule has 1 heterocycles. The van der Waals surface area contributed by atoms with Crippen LogP contribution in [0.4, 0.5) is 14.5 Å². The fourth-order valence-corrected chi connectivity index (χ4v) is 3.22. The molecule has 1 aromatic heterocycles. The van der Waals surface area contributed by atoms with E-state index in [1.165, 1.54) is 25.4 Å². The number of nitrogens with one attached hydrogen (secondary N) is 2. The molecule has 0 spiro atoms. The van der Waals surface area contributed by atoms with E-state index in [1.54, 1.807) is 19.2 Å². The summed E-state index contributed by atoms with van der Waals surface area (Å²) in [5, 5.41) is 10.7. The van der Waals surface area contributed by atoms with Crippen LogP contribution >= 0.6 is 11.8 Å². The Morgan fingerprint density at radius 3 is 2.78 bits per heavy atom. The number of nitrogens with two attached hydrogens (primary N) is 1. The number of amides is 1. The molecule has 2 aromatic rings. The Hall–Kier alpha value is -3.45. The number of rotatable bonds is 5. The molecule has 0 bridgehead atoms. The Morgan fingerprint density at radius 2 is 2.16 bits per heavy atom. The number of aliphatic imine (C=N–C) groups is 1. The number of pyridine rings is 1. The number of halogens is 2. The third kappa shape index (κ3) is 5.82. The molecule has 1 saturated carbocycles. The van der Waals surface area contributed by atoms with Crippen molar-refractivity contribution < 1.29 is 21.2 Å². The smallest absolute Gasteiger partial charge is 0.280 e. The van der Waals surface area contributed by atoms with Crippen molar-refractivity contribution in [3.63, 3.8) is 0 Å². The van der Waals surface area contributed by atoms with Crippen LogP contribution in [0.2, 0.25) is 0 Å². The predicted molar refractivity (Wildman–Crippen MR) is 127 cm³/mol. The molecule has 10 heteroatoms. The number of thioether (sulfide) groups is 1. The fraction of sp³-hybridized carbons (Fsp3) is 0.273. The van der Waals surface area contributed by atoms with Gasteiger partial charge in [0.2, 0.25) is 0 Å². The van der Waals surface area contributed by atoms with E-state index in [0.717, 1.165) is 24.6 Å². The van der Waals surface area contributed by atoms with Gasteiger partial charge in [0.15, 0.2) is 5.17 Å². The quantitative estimate of drug-likeness (QED) is 0.335. The maximum Gasteiger partial charge on any atom is 0.280 e. The number of carbonyl (C=O) groups is 1. The van der Waals surface area contributed by atoms with E-state index < -0.39 is 18.0 Å². The van der Waals surface area contributed by atoms with Crippen molar-refractivity contribution in [1.29, 1.82) is 5.41 Å². The molecular weight excluding hydrogens is 436 g/mol. The molecule has 4 N–H and O–H groups in total. The average molecular weight is 462 g/mol. The third-order valence-electron chi connectivity index (χ3n) is 4.55. The second-order valence-electron chi connectivity index (χ2n) is 6.85. The van der Waals surface area contributed by atoms with Gasteiger partial charge in [0.25, 0.3) is 12.3 Å². The van der Waals surface area contributed by atoms with E-state index in [4.69, 9.17) is 15.9 Å². The molecule has 32 heavy (non-hydrogen) atoms. The molecule has 1 amide bonds. The minimum atomic E-state index is -2.79. The standard InChI is InChI=1S/C22H21F2N5O2S.2H2/c1-27-13-6-7-14(21(30)29-22(26)32-19(25)8-5-12-3-4-12)15(9-13)16-10-17(20(23)24)28-11-18(16)31-2;;/h6-7,9-12,20,25,27H,3-4H2,1-2H3,(H2,26,29,30);2*1H. The van der Waals surface area contributed by atoms with Gasteiger partial charge >= 0.3 is 0 Å². The predicted octanol–water partition coefficient (Wildman–Crippen LogP) is 4.81. The maximum atomic E-state index is 13.3. The van der Waals surface area contributed by atoms with Crippen LogP contribution in [-0.4, -0.2) is 35.3 Å². The summed E-state index contributed by atoms with van der Waals surface area (Å²) in [5.74, 6) is 5.50. The largest absolute Gasteiger partial charge is 0.494 e. The van der Waals surface area contributed by atoms with Crippen molar-refractivity contribution in [1.82, 2.24) is 4.98 Å². The highest BCUT2D eigenvalue weighted by molar-refractivity contribution is 8.26. The second-order valence-corrected chi connectivity index (χ2v) is 7.88. The van der Waals surface area contributed by atoms with Crippen molar-refractivity contribution in [3.8, 4) is 28.7 Å². The molecule has 170 valence electrons. The van der Waals surface area contributed by atoms with Gasteiger partial charge in [-0.1, -0.05) is 5.92 Å². The Labute approximate surface area is 191 Å². The summed E-state index contributed by atoms with van der Waals surface area (Å²) in [6, 6.07) is 5.98. The van der Waals surface area contributed by atoms with E-state index in [0.29, 0.717) is 17.2 Å². The minimum Gasteiger partial charge on any atom is -0.494 e. The van der Waals surface area contributed by atoms with Gasteiger partial charge in [0.05, 0.1) is 13.3 Å². The first-order chi connectivity index (χ1) is 15.3. The van der Waals surface area contributed by atoms with Crippen LogP contribution in [0.1, 0.15) is 38.2 Å². The number of methoxy groups -OCH3 is 1. The van der Waals surface area contributed by atoms with Crippen LogP contribution in [-0.2, 0) is 0 Å². The molecule has 1 fully saturated rings. The Kier molecular flexibility index (Phi) is 7.43. The molecule has 1 aliphatic carbocycles. The van der Waals surface area contributed by atoms with Crippen molar-refractivity contribution in [3.05, 3.63) is 41.7 Å². The fourth-order valence-electron chi connectivity index (χ4n) is 2.77. The number of carbonyl (C=O) groups excluding carboxylic acids is 1. The number of hydrogen-bond acceptors (Lipinski definition) is 6. The highest BCUT2D eigenvalue weighted by Crippen LogP contribution is 2.36. The minimum absolute atomic E-state index is 0. The maximum absolute atomic E-state index is 13.3. The van der Waals surface area contributed by atoms with Gasteiger partial charge < -0.3 is 15.8 Å². The molecule has 0 saturated heterocycles. The molecule has 1 aromatic carbocycles. The summed E-state index contributed by atoms with van der Waals surface area (Å²) < 4.78 is 31.8. The van der Waals surface area contributed by atoms with Crippen molar-refractivity contribution in [2.24, 2.45) is 16.6 Å². The molecule has 0 atom stereocenters. The normalized spacial score (nSPS) is 13.3. The van der Waals surface area contributed by atoms with Gasteiger partial charge in [0, 0.05) is 38.2 Å². The molecular formula is C22H25F2N5O2S. The van der Waals surface area contributed by atoms with E-state index in [1.807, 2.05) is 0 Å². The highest BCUT2D eigenvalue weighted by Gasteiger charge is 2.21. The third-order valence-corrected chi connectivity index (χ3v) is 5.15. The van der Waals surface area contributed by atoms with Crippen LogP contribution in [0.3, 0.4) is 0 Å². The zero-order chi connectivity index (χ0) is 23.3. The van der Waals surface area contributed by atoms with Crippen LogP contribution in [0.15, 0.2) is 35.5 Å². The Balaban J connectivity index is 0.00000289. The summed E-state index contributed by atoms with van der Waals surface area (Å²) in [5.41, 5.74) is 6.76. The zero-order valence-electron chi connectivity index (χ0n) is 17.4. The van der Waals surface area contributed by atoms with Crippen LogP contribution < -0.4 is 15.8 Å². The van der Waals surface area contributed by atoms with Crippen molar-refractivity contribution >= 4 is 33.6 Å². The SMILES string of the molecule is CNc1ccc(C(=O)N=C(N)SC(=N)C#CC2CC2)c(-c2cc(C(F)F)ncc2OC)c1.[HH].[HH]. The van der Waals surface area contributed by atoms with Crippen LogP contribution in [0.5, 0.6) is 5.75 Å². The number of benzene rings is 1. The lowest BCUT2D eigenvalue weighted by Crippen LogP contribution is -2.13. The summed E-state index contributed by atoms with van der Waals surface area (Å²) in [7, 11) is 3.07. The number of ether oxygens (including phenoxy) is 1. The van der Waals surface area contributed by atoms with Crippen molar-refractivity contribution in [2.75, 3.05) is 19.5 Å². The van der Waals surface area contributed by atoms with Crippen molar-refractivity contribution in [2.45, 2.75) is 19.3 Å². The lowest BCUT2D eigenvalue weighted by molar-refractivity contribution is 0.100. The van der Waals surface area contributed by atoms with Gasteiger partial charge in [-0.05, 0) is 54.8 Å². The first kappa shape index (κ1) is 23.2. The molecule has 0 aliphatic heterocycles. The van der Waals surface area contributed by atoms with E-state index >= 15 is 0 Å². The monoisotopic (exact) mass is 461 g/mol. The van der Waals surface area contributed by atoms with Gasteiger partial charge in [-0.15, -0.1) is 0 Å². The van der Waals surface area contributed by atoms with E-state index in [-0.39, 0.29) is 29.9 Å². The van der Waals surface area contributed by atoms with Gasteiger partial charge in [0.1, 0.15) is 16.5 Å². The number of amidine groups is 1. The Morgan fingerprint density at radius 1 is 1.41 bits per heavy atom. The first-order valence-electron chi connectivity index (χ1n) is 9.63. The summed E-state index contributed by atoms with van der Waals surface area (Å²) >= 11 is 0.786. The van der Waals surface area contributed by atoms with Gasteiger partial charge in [-0.2, -0.15) is 4.99 Å². The Bertz CT molecular complexity index is 1150. The topological polar surface area (TPSA) is 113 Å². The average Bonchev–Trinajstić information content (AvgIpc) is 3.61. The van der Waals surface area contributed by atoms with E-state index in [9.17, 15) is 13.6 Å². The summed E-state index contributed by atoms with van der Waals surface area (Å²) in [4.78, 5) is 20.5. The molecule has 7 nitrogen and oxygen atoms in total. The van der Waals surface area contributed by atoms with Crippen LogP contribution in [0.25, 0.3) is 11.1 Å². The lowest BCUT2D eigenvalue weighted by atomic mass is 9.97. The second kappa shape index (κ2) is 10.2. The zero-order valence-corrected chi connectivity index (χ0v) is 18.2. The van der Waals surface area contributed by atoms with Gasteiger partial charge in [-0.25, -0.2) is 8.78 Å². The summed E-state index contributed by atoms with van der Waals surface area (Å²) in [6.07, 6.45) is 0.456. The molecule has 0 radical (unpaired) electrons. The van der Waals surface area contributed by atoms with E-state index in [2.05, 4.69) is 27.1 Å². The summed E-state index contributed by atoms with van der Waals surface area (Å²) in [6.45, 7) is 0. The number of aromatic nitrogens is 1. The van der Waals surface area contributed by atoms with Gasteiger partial charge in [-0.3, -0.25) is 15.2 Å². The number of alkyl halides is 2. The molecule has 3 rings (SSSR count).